The molecule has 0 aliphatic carbocycles. The SMILES string of the molecule is C=CS(=O)(=O)CCP(=O)(O)CCC(=O)ON1C(=O)CCC1=O. The van der Waals surface area contributed by atoms with Crippen LogP contribution in [0, 0.1) is 0 Å². The number of carbonyl (C=O) groups is 3. The molecule has 9 nitrogen and oxygen atoms in total. The summed E-state index contributed by atoms with van der Waals surface area (Å²) in [5.74, 6) is -2.86. The van der Waals surface area contributed by atoms with Crippen LogP contribution in [0.15, 0.2) is 12.0 Å². The number of amides is 2. The van der Waals surface area contributed by atoms with Crippen LogP contribution in [-0.4, -0.2) is 54.2 Å². The van der Waals surface area contributed by atoms with Crippen LogP contribution in [0.3, 0.4) is 0 Å². The highest BCUT2D eigenvalue weighted by atomic mass is 32.2. The van der Waals surface area contributed by atoms with Crippen molar-refractivity contribution in [3.8, 4) is 0 Å². The van der Waals surface area contributed by atoms with Crippen molar-refractivity contribution in [2.45, 2.75) is 19.3 Å². The number of rotatable bonds is 8. The maximum absolute atomic E-state index is 11.7. The lowest BCUT2D eigenvalue weighted by atomic mass is 10.4. The van der Waals surface area contributed by atoms with Crippen LogP contribution in [0.4, 0.5) is 0 Å². The third kappa shape index (κ3) is 5.70. The molecule has 1 rings (SSSR count). The molecular formula is C11H16NO8PS. The van der Waals surface area contributed by atoms with Gasteiger partial charge in [0.2, 0.25) is 7.37 Å². The zero-order valence-electron chi connectivity index (χ0n) is 11.6. The van der Waals surface area contributed by atoms with E-state index in [0.717, 1.165) is 0 Å². The van der Waals surface area contributed by atoms with Gasteiger partial charge in [0.1, 0.15) is 0 Å². The third-order valence-corrected chi connectivity index (χ3v) is 6.27. The molecule has 0 aromatic carbocycles. The van der Waals surface area contributed by atoms with Crippen LogP contribution in [-0.2, 0) is 33.6 Å². The van der Waals surface area contributed by atoms with Gasteiger partial charge in [-0.3, -0.25) is 14.2 Å². The minimum Gasteiger partial charge on any atom is -0.344 e. The Morgan fingerprint density at radius 2 is 1.86 bits per heavy atom. The zero-order valence-corrected chi connectivity index (χ0v) is 13.3. The van der Waals surface area contributed by atoms with Gasteiger partial charge in [-0.1, -0.05) is 6.58 Å². The normalized spacial score (nSPS) is 18.1. The van der Waals surface area contributed by atoms with Gasteiger partial charge in [0.05, 0.1) is 12.2 Å². The molecule has 0 aromatic heterocycles. The lowest BCUT2D eigenvalue weighted by Gasteiger charge is -2.14. The van der Waals surface area contributed by atoms with Crippen LogP contribution in [0.1, 0.15) is 19.3 Å². The summed E-state index contributed by atoms with van der Waals surface area (Å²) < 4.78 is 34.1. The summed E-state index contributed by atoms with van der Waals surface area (Å²) in [4.78, 5) is 48.0. The molecule has 1 saturated heterocycles. The van der Waals surface area contributed by atoms with Crippen molar-refractivity contribution in [3.05, 3.63) is 12.0 Å². The van der Waals surface area contributed by atoms with Crippen molar-refractivity contribution in [3.63, 3.8) is 0 Å². The quantitative estimate of drug-likeness (QED) is 0.469. The summed E-state index contributed by atoms with van der Waals surface area (Å²) >= 11 is 0. The molecule has 1 atom stereocenters. The molecule has 11 heteroatoms. The number of hydrogen-bond acceptors (Lipinski definition) is 7. The van der Waals surface area contributed by atoms with Gasteiger partial charge >= 0.3 is 5.97 Å². The van der Waals surface area contributed by atoms with Gasteiger partial charge in [-0.25, -0.2) is 13.2 Å². The number of sulfone groups is 1. The molecule has 1 aliphatic heterocycles. The molecule has 0 bridgehead atoms. The largest absolute Gasteiger partial charge is 0.344 e. The summed E-state index contributed by atoms with van der Waals surface area (Å²) in [6, 6.07) is 0. The highest BCUT2D eigenvalue weighted by Gasteiger charge is 2.33. The van der Waals surface area contributed by atoms with Crippen molar-refractivity contribution in [1.82, 2.24) is 5.06 Å². The minimum atomic E-state index is -3.85. The Hall–Kier alpha value is -1.51. The molecule has 0 spiro atoms. The predicted molar refractivity (Wildman–Crippen MR) is 75.3 cm³/mol. The lowest BCUT2D eigenvalue weighted by molar-refractivity contribution is -0.197. The van der Waals surface area contributed by atoms with Gasteiger partial charge in [0.25, 0.3) is 11.8 Å². The minimum absolute atomic E-state index is 0.0516. The second kappa shape index (κ2) is 7.17. The highest BCUT2D eigenvalue weighted by Crippen LogP contribution is 2.41. The maximum Gasteiger partial charge on any atom is 0.333 e. The van der Waals surface area contributed by atoms with Crippen molar-refractivity contribution in [2.75, 3.05) is 18.1 Å². The van der Waals surface area contributed by atoms with Crippen molar-refractivity contribution in [2.24, 2.45) is 0 Å². The van der Waals surface area contributed by atoms with Gasteiger partial charge in [-0.2, -0.15) is 0 Å². The van der Waals surface area contributed by atoms with E-state index in [0.29, 0.717) is 10.5 Å². The molecule has 0 aromatic rings. The molecule has 0 saturated carbocycles. The van der Waals surface area contributed by atoms with E-state index in [1.54, 1.807) is 0 Å². The molecule has 22 heavy (non-hydrogen) atoms. The van der Waals surface area contributed by atoms with Crippen molar-refractivity contribution >= 4 is 35.0 Å². The number of hydroxylamine groups is 2. The second-order valence-corrected chi connectivity index (χ2v) is 9.28. The Labute approximate surface area is 127 Å². The molecule has 1 heterocycles. The molecule has 1 fully saturated rings. The Bertz CT molecular complexity index is 624. The topological polar surface area (TPSA) is 135 Å². The van der Waals surface area contributed by atoms with Crippen LogP contribution in [0.25, 0.3) is 0 Å². The first kappa shape index (κ1) is 18.5. The molecule has 2 amide bonds. The van der Waals surface area contributed by atoms with E-state index in [2.05, 4.69) is 11.4 Å². The molecule has 0 radical (unpaired) electrons. The van der Waals surface area contributed by atoms with E-state index < -0.39 is 59.5 Å². The maximum atomic E-state index is 11.7. The monoisotopic (exact) mass is 353 g/mol. The van der Waals surface area contributed by atoms with Crippen LogP contribution < -0.4 is 0 Å². The van der Waals surface area contributed by atoms with Crippen LogP contribution in [0.5, 0.6) is 0 Å². The zero-order chi connectivity index (χ0) is 17.0. The predicted octanol–water partition coefficient (Wildman–Crippen LogP) is -0.188. The van der Waals surface area contributed by atoms with E-state index in [4.69, 9.17) is 0 Å². The smallest absolute Gasteiger partial charge is 0.333 e. The Kier molecular flexibility index (Phi) is 6.04. The fourth-order valence-corrected chi connectivity index (χ4v) is 4.62. The summed E-state index contributed by atoms with van der Waals surface area (Å²) in [7, 11) is -7.45. The van der Waals surface area contributed by atoms with E-state index in [1.807, 2.05) is 0 Å². The van der Waals surface area contributed by atoms with Crippen LogP contribution >= 0.6 is 7.37 Å². The van der Waals surface area contributed by atoms with E-state index >= 15 is 0 Å². The standard InChI is InChI=1S/C11H16NO8PS/c1-2-22(18,19)8-7-21(16,17)6-5-11(15)20-12-9(13)3-4-10(12)14/h2H,1,3-8H2,(H,16,17). The number of nitrogens with zero attached hydrogens (tertiary/aromatic N) is 1. The lowest BCUT2D eigenvalue weighted by Crippen LogP contribution is -2.32. The number of hydrogen-bond donors (Lipinski definition) is 1. The Balaban J connectivity index is 2.45. The van der Waals surface area contributed by atoms with Gasteiger partial charge in [0, 0.05) is 30.6 Å². The molecule has 124 valence electrons. The van der Waals surface area contributed by atoms with Crippen molar-refractivity contribution < 1.29 is 37.1 Å². The number of imide groups is 1. The first-order valence-electron chi connectivity index (χ1n) is 6.29. The fourth-order valence-electron chi connectivity index (χ4n) is 1.54. The fraction of sp³-hybridized carbons (Fsp3) is 0.545. The number of carbonyl (C=O) groups excluding carboxylic acids is 3. The Morgan fingerprint density at radius 1 is 1.32 bits per heavy atom. The first-order chi connectivity index (χ1) is 10.1. The third-order valence-electron chi connectivity index (χ3n) is 2.84. The summed E-state index contributed by atoms with van der Waals surface area (Å²) in [6.07, 6.45) is -1.64. The first-order valence-corrected chi connectivity index (χ1v) is 10.0. The van der Waals surface area contributed by atoms with Crippen molar-refractivity contribution in [1.29, 1.82) is 0 Å². The van der Waals surface area contributed by atoms with Gasteiger partial charge < -0.3 is 9.73 Å². The second-order valence-electron chi connectivity index (χ2n) is 4.62. The average molecular weight is 353 g/mol. The van der Waals surface area contributed by atoms with Gasteiger partial charge in [-0.15, -0.1) is 5.06 Å². The van der Waals surface area contributed by atoms with Crippen LogP contribution in [0.2, 0.25) is 0 Å². The summed E-state index contributed by atoms with van der Waals surface area (Å²) in [6.45, 7) is 3.08. The van der Waals surface area contributed by atoms with E-state index in [9.17, 15) is 32.3 Å². The van der Waals surface area contributed by atoms with E-state index in [-0.39, 0.29) is 12.8 Å². The average Bonchev–Trinajstić information content (AvgIpc) is 2.75. The molecule has 1 unspecified atom stereocenters. The van der Waals surface area contributed by atoms with Gasteiger partial charge in [-0.05, 0) is 0 Å². The summed E-state index contributed by atoms with van der Waals surface area (Å²) in [5, 5.41) is 1.03. The van der Waals surface area contributed by atoms with E-state index in [1.165, 1.54) is 0 Å². The Morgan fingerprint density at radius 3 is 2.36 bits per heavy atom. The summed E-state index contributed by atoms with van der Waals surface area (Å²) in [5.41, 5.74) is 0. The molecular weight excluding hydrogens is 337 g/mol. The van der Waals surface area contributed by atoms with Gasteiger partial charge in [0.15, 0.2) is 9.84 Å². The highest BCUT2D eigenvalue weighted by molar-refractivity contribution is 7.94. The molecule has 1 aliphatic rings. The molecule has 1 N–H and O–H groups in total.